The summed E-state index contributed by atoms with van der Waals surface area (Å²) in [7, 11) is 0. The van der Waals surface area contributed by atoms with Crippen LogP contribution in [0.15, 0.2) is 48.5 Å². The van der Waals surface area contributed by atoms with Gasteiger partial charge >= 0.3 is 11.9 Å². The molecule has 0 bridgehead atoms. The van der Waals surface area contributed by atoms with Crippen molar-refractivity contribution < 1.29 is 19.1 Å². The van der Waals surface area contributed by atoms with Crippen LogP contribution in [0.1, 0.15) is 17.4 Å². The van der Waals surface area contributed by atoms with Crippen molar-refractivity contribution in [3.63, 3.8) is 0 Å². The van der Waals surface area contributed by atoms with Gasteiger partial charge in [0.15, 0.2) is 5.13 Å². The topological polar surface area (TPSA) is 113 Å². The Labute approximate surface area is 168 Å². The number of amides is 2. The van der Waals surface area contributed by atoms with Crippen molar-refractivity contribution in [3.8, 4) is 0 Å². The molecule has 2 heterocycles. The van der Waals surface area contributed by atoms with Gasteiger partial charge in [-0.25, -0.2) is 9.78 Å². The second-order valence-corrected chi connectivity index (χ2v) is 7.13. The quantitative estimate of drug-likeness (QED) is 0.353. The first-order valence-electron chi connectivity index (χ1n) is 8.81. The van der Waals surface area contributed by atoms with Gasteiger partial charge in [0.05, 0.1) is 16.8 Å². The molecule has 3 N–H and O–H groups in total. The summed E-state index contributed by atoms with van der Waals surface area (Å²) in [6.45, 7) is 1.74. The summed E-state index contributed by atoms with van der Waals surface area (Å²) in [6, 6.07) is 14.6. The minimum Gasteiger partial charge on any atom is -0.459 e. The van der Waals surface area contributed by atoms with E-state index in [0.717, 1.165) is 15.6 Å². The Morgan fingerprint density at radius 2 is 1.93 bits per heavy atom. The number of carbonyl (C=O) groups is 3. The molecule has 0 aliphatic heterocycles. The molecule has 0 aliphatic carbocycles. The van der Waals surface area contributed by atoms with Crippen molar-refractivity contribution >= 4 is 61.1 Å². The molecule has 29 heavy (non-hydrogen) atoms. The second kappa shape index (κ2) is 7.72. The highest BCUT2D eigenvalue weighted by Crippen LogP contribution is 2.28. The number of thiazole rings is 1. The van der Waals surface area contributed by atoms with Crippen LogP contribution >= 0.6 is 11.3 Å². The Kier molecular flexibility index (Phi) is 4.96. The van der Waals surface area contributed by atoms with E-state index in [9.17, 15) is 14.4 Å². The average Bonchev–Trinajstić information content (AvgIpc) is 3.31. The zero-order valence-electron chi connectivity index (χ0n) is 15.3. The molecule has 8 nitrogen and oxygen atoms in total. The van der Waals surface area contributed by atoms with E-state index < -0.39 is 11.9 Å². The predicted octanol–water partition coefficient (Wildman–Crippen LogP) is 3.53. The van der Waals surface area contributed by atoms with E-state index in [2.05, 4.69) is 25.3 Å². The molecule has 2 aromatic carbocycles. The molecular weight excluding hydrogens is 392 g/mol. The fraction of sp³-hybridized carbons (Fsp3) is 0.100. The fourth-order valence-electron chi connectivity index (χ4n) is 2.79. The van der Waals surface area contributed by atoms with Crippen LogP contribution in [0.3, 0.4) is 0 Å². The number of anilines is 2. The number of aromatic nitrogens is 2. The van der Waals surface area contributed by atoms with Crippen LogP contribution in [0.2, 0.25) is 0 Å². The summed E-state index contributed by atoms with van der Waals surface area (Å²) in [6.07, 6.45) is 0. The monoisotopic (exact) mass is 408 g/mol. The molecule has 4 rings (SSSR count). The Bertz CT molecular complexity index is 1210. The van der Waals surface area contributed by atoms with Crippen LogP contribution in [0.25, 0.3) is 21.1 Å². The Morgan fingerprint density at radius 1 is 1.10 bits per heavy atom. The van der Waals surface area contributed by atoms with Crippen LogP contribution in [-0.2, 0) is 14.3 Å². The van der Waals surface area contributed by atoms with Gasteiger partial charge in [-0.15, -0.1) is 0 Å². The lowest BCUT2D eigenvalue weighted by Gasteiger charge is -2.03. The van der Waals surface area contributed by atoms with Crippen LogP contribution in [0.5, 0.6) is 0 Å². The molecule has 146 valence electrons. The van der Waals surface area contributed by atoms with E-state index in [4.69, 9.17) is 0 Å². The number of ether oxygens (including phenoxy) is 1. The van der Waals surface area contributed by atoms with Crippen molar-refractivity contribution in [1.82, 2.24) is 9.97 Å². The summed E-state index contributed by atoms with van der Waals surface area (Å²) in [4.78, 5) is 43.1. The standard InChI is InChI=1S/C20H16N4O4S/c1-2-28-19(27)18(26)24-20-23-14-8-7-12(10-16(14)29-20)21-17(25)15-9-11-5-3-4-6-13(11)22-15/h3-10,22H,2H2,1H3,(H,21,25)(H,23,24,26). The number of benzene rings is 2. The first-order valence-corrected chi connectivity index (χ1v) is 9.63. The zero-order valence-corrected chi connectivity index (χ0v) is 16.1. The number of para-hydroxylation sites is 1. The summed E-state index contributed by atoms with van der Waals surface area (Å²) >= 11 is 1.19. The van der Waals surface area contributed by atoms with Gasteiger partial charge in [-0.2, -0.15) is 0 Å². The summed E-state index contributed by atoms with van der Waals surface area (Å²) in [5.41, 5.74) is 2.57. The molecule has 0 saturated carbocycles. The van der Waals surface area contributed by atoms with Gasteiger partial charge < -0.3 is 15.0 Å². The Morgan fingerprint density at radius 3 is 2.72 bits per heavy atom. The first-order chi connectivity index (χ1) is 14.0. The van der Waals surface area contributed by atoms with Crippen molar-refractivity contribution in [2.45, 2.75) is 6.92 Å². The maximum absolute atomic E-state index is 12.5. The largest absolute Gasteiger partial charge is 0.459 e. The van der Waals surface area contributed by atoms with Gasteiger partial charge in [-0.05, 0) is 37.3 Å². The molecule has 0 spiro atoms. The van der Waals surface area contributed by atoms with E-state index in [-0.39, 0.29) is 17.6 Å². The Balaban J connectivity index is 1.50. The highest BCUT2D eigenvalue weighted by molar-refractivity contribution is 7.22. The molecule has 0 atom stereocenters. The minimum atomic E-state index is -0.960. The lowest BCUT2D eigenvalue weighted by molar-refractivity contribution is -0.152. The van der Waals surface area contributed by atoms with Crippen LogP contribution < -0.4 is 10.6 Å². The number of nitrogens with zero attached hydrogens (tertiary/aromatic N) is 1. The van der Waals surface area contributed by atoms with Gasteiger partial charge in [0, 0.05) is 16.6 Å². The summed E-state index contributed by atoms with van der Waals surface area (Å²) in [5, 5.41) is 6.49. The molecular formula is C20H16N4O4S. The average molecular weight is 408 g/mol. The highest BCUT2D eigenvalue weighted by atomic mass is 32.1. The number of fused-ring (bicyclic) bond motifs is 2. The lowest BCUT2D eigenvalue weighted by atomic mass is 10.2. The van der Waals surface area contributed by atoms with E-state index >= 15 is 0 Å². The smallest absolute Gasteiger partial charge is 0.397 e. The number of hydrogen-bond acceptors (Lipinski definition) is 6. The molecule has 2 amide bonds. The number of nitrogens with one attached hydrogen (secondary N) is 3. The minimum absolute atomic E-state index is 0.117. The second-order valence-electron chi connectivity index (χ2n) is 6.10. The third-order valence-electron chi connectivity index (χ3n) is 4.10. The van der Waals surface area contributed by atoms with E-state index in [1.807, 2.05) is 24.3 Å². The molecule has 0 unspecified atom stereocenters. The van der Waals surface area contributed by atoms with Crippen molar-refractivity contribution in [2.75, 3.05) is 17.2 Å². The highest BCUT2D eigenvalue weighted by Gasteiger charge is 2.17. The van der Waals surface area contributed by atoms with E-state index in [1.54, 1.807) is 31.2 Å². The molecule has 0 aliphatic rings. The number of esters is 1. The van der Waals surface area contributed by atoms with Gasteiger partial charge in [-0.3, -0.25) is 14.9 Å². The number of aromatic amines is 1. The van der Waals surface area contributed by atoms with Crippen LogP contribution in [-0.4, -0.2) is 34.4 Å². The van der Waals surface area contributed by atoms with Gasteiger partial charge in [0.1, 0.15) is 5.69 Å². The molecule has 2 aromatic heterocycles. The lowest BCUT2D eigenvalue weighted by Crippen LogP contribution is -2.24. The molecule has 4 aromatic rings. The normalized spacial score (nSPS) is 10.8. The van der Waals surface area contributed by atoms with Gasteiger partial charge in [-0.1, -0.05) is 29.5 Å². The van der Waals surface area contributed by atoms with Crippen molar-refractivity contribution in [1.29, 1.82) is 0 Å². The van der Waals surface area contributed by atoms with Crippen molar-refractivity contribution in [2.24, 2.45) is 0 Å². The number of carbonyl (C=O) groups excluding carboxylic acids is 3. The molecule has 0 fully saturated rings. The number of H-pyrrole nitrogens is 1. The molecule has 0 radical (unpaired) electrons. The molecule has 9 heteroatoms. The maximum atomic E-state index is 12.5. The van der Waals surface area contributed by atoms with Gasteiger partial charge in [0.25, 0.3) is 5.91 Å². The Hall–Kier alpha value is -3.72. The molecule has 0 saturated heterocycles. The maximum Gasteiger partial charge on any atom is 0.397 e. The summed E-state index contributed by atoms with van der Waals surface area (Å²) in [5.74, 6) is -2.10. The number of hydrogen-bond donors (Lipinski definition) is 3. The third kappa shape index (κ3) is 3.94. The third-order valence-corrected chi connectivity index (χ3v) is 5.04. The van der Waals surface area contributed by atoms with Crippen LogP contribution in [0.4, 0.5) is 10.8 Å². The van der Waals surface area contributed by atoms with Crippen LogP contribution in [0, 0.1) is 0 Å². The summed E-state index contributed by atoms with van der Waals surface area (Å²) < 4.78 is 5.40. The SMILES string of the molecule is CCOC(=O)C(=O)Nc1nc2ccc(NC(=O)c3cc4ccccc4[nH]3)cc2s1. The van der Waals surface area contributed by atoms with E-state index in [1.165, 1.54) is 11.3 Å². The van der Waals surface area contributed by atoms with Gasteiger partial charge in [0.2, 0.25) is 0 Å². The first kappa shape index (κ1) is 18.6. The van der Waals surface area contributed by atoms with Crippen molar-refractivity contribution in [3.05, 3.63) is 54.2 Å². The number of rotatable bonds is 4. The zero-order chi connectivity index (χ0) is 20.4. The predicted molar refractivity (Wildman–Crippen MR) is 111 cm³/mol. The fourth-order valence-corrected chi connectivity index (χ4v) is 3.69. The van der Waals surface area contributed by atoms with E-state index in [0.29, 0.717) is 16.9 Å².